The van der Waals surface area contributed by atoms with Crippen molar-refractivity contribution in [1.82, 2.24) is 5.32 Å². The Kier molecular flexibility index (Phi) is 6.17. The first kappa shape index (κ1) is 15.9. The Hall–Kier alpha value is -1.43. The number of nitrogens with one attached hydrogen (secondary N) is 1. The van der Waals surface area contributed by atoms with E-state index in [-0.39, 0.29) is 19.3 Å². The van der Waals surface area contributed by atoms with Gasteiger partial charge in [0.1, 0.15) is 6.10 Å². The molecule has 1 aliphatic rings. The van der Waals surface area contributed by atoms with E-state index in [4.69, 9.17) is 14.9 Å². The largest absolute Gasteiger partial charge is 0.457 e. The van der Waals surface area contributed by atoms with Crippen LogP contribution in [-0.4, -0.2) is 48.1 Å². The number of rotatable bonds is 6. The minimum Gasteiger partial charge on any atom is -0.457 e. The molecule has 0 bridgehead atoms. The molecule has 0 radical (unpaired) electrons. The van der Waals surface area contributed by atoms with Gasteiger partial charge in [0, 0.05) is 6.04 Å². The van der Waals surface area contributed by atoms with Crippen LogP contribution in [0.1, 0.15) is 30.7 Å². The first-order chi connectivity index (χ1) is 10.3. The molecular formula is C16H23NO4. The van der Waals surface area contributed by atoms with Crippen molar-refractivity contribution in [2.45, 2.75) is 37.3 Å². The minimum absolute atomic E-state index is 0.0340. The van der Waals surface area contributed by atoms with Gasteiger partial charge in [-0.15, -0.1) is 0 Å². The fraction of sp³-hybridized carbons (Fsp3) is 0.562. The predicted molar refractivity (Wildman–Crippen MR) is 78.9 cm³/mol. The van der Waals surface area contributed by atoms with Crippen LogP contribution in [-0.2, 0) is 9.53 Å². The lowest BCUT2D eigenvalue weighted by Gasteiger charge is -2.31. The van der Waals surface area contributed by atoms with Gasteiger partial charge in [-0.05, 0) is 24.9 Å². The number of benzene rings is 1. The Balaban J connectivity index is 2.16. The van der Waals surface area contributed by atoms with Crippen LogP contribution in [0.25, 0.3) is 0 Å². The lowest BCUT2D eigenvalue weighted by atomic mass is 9.86. The smallest absolute Gasteiger partial charge is 0.315 e. The van der Waals surface area contributed by atoms with E-state index in [1.165, 1.54) is 0 Å². The number of piperidine rings is 1. The Morgan fingerprint density at radius 3 is 2.52 bits per heavy atom. The second-order valence-corrected chi connectivity index (χ2v) is 5.37. The van der Waals surface area contributed by atoms with E-state index < -0.39 is 18.0 Å². The monoisotopic (exact) mass is 293 g/mol. The third-order valence-corrected chi connectivity index (χ3v) is 3.85. The number of hydrogen-bond acceptors (Lipinski definition) is 5. The van der Waals surface area contributed by atoms with Crippen molar-refractivity contribution in [2.75, 3.05) is 19.8 Å². The summed E-state index contributed by atoms with van der Waals surface area (Å²) in [7, 11) is 0. The van der Waals surface area contributed by atoms with Gasteiger partial charge in [-0.1, -0.05) is 36.8 Å². The Labute approximate surface area is 124 Å². The Morgan fingerprint density at radius 2 is 1.95 bits per heavy atom. The van der Waals surface area contributed by atoms with E-state index >= 15 is 0 Å². The van der Waals surface area contributed by atoms with Crippen molar-refractivity contribution in [3.8, 4) is 0 Å². The topological polar surface area (TPSA) is 78.8 Å². The Morgan fingerprint density at radius 1 is 1.24 bits per heavy atom. The highest BCUT2D eigenvalue weighted by atomic mass is 16.6. The summed E-state index contributed by atoms with van der Waals surface area (Å²) in [6.45, 7) is 0.147. The van der Waals surface area contributed by atoms with Gasteiger partial charge in [0.25, 0.3) is 0 Å². The van der Waals surface area contributed by atoms with Crippen LogP contribution in [0.3, 0.4) is 0 Å². The van der Waals surface area contributed by atoms with Gasteiger partial charge in [0.05, 0.1) is 19.1 Å². The van der Waals surface area contributed by atoms with Gasteiger partial charge in [-0.3, -0.25) is 4.79 Å². The third-order valence-electron chi connectivity index (χ3n) is 3.85. The summed E-state index contributed by atoms with van der Waals surface area (Å²) in [5.74, 6) is -0.805. The zero-order valence-corrected chi connectivity index (χ0v) is 12.1. The van der Waals surface area contributed by atoms with Crippen LogP contribution in [0.4, 0.5) is 0 Å². The molecule has 2 rings (SSSR count). The molecule has 1 saturated heterocycles. The maximum absolute atomic E-state index is 12.5. The second-order valence-electron chi connectivity index (χ2n) is 5.37. The summed E-state index contributed by atoms with van der Waals surface area (Å²) in [6, 6.07) is 9.56. The highest BCUT2D eigenvalue weighted by Gasteiger charge is 2.33. The number of esters is 1. The first-order valence-electron chi connectivity index (χ1n) is 7.46. The number of carbonyl (C=O) groups is 1. The summed E-state index contributed by atoms with van der Waals surface area (Å²) in [4.78, 5) is 12.5. The zero-order chi connectivity index (χ0) is 15.1. The van der Waals surface area contributed by atoms with Crippen molar-refractivity contribution >= 4 is 5.97 Å². The molecule has 1 fully saturated rings. The molecule has 0 amide bonds. The molecule has 116 valence electrons. The van der Waals surface area contributed by atoms with Gasteiger partial charge in [-0.25, -0.2) is 0 Å². The summed E-state index contributed by atoms with van der Waals surface area (Å²) in [6.07, 6.45) is 2.26. The SMILES string of the molecule is O=C(OC(CO)CO)C(c1ccccc1)C1CCCCN1. The van der Waals surface area contributed by atoms with Crippen LogP contribution >= 0.6 is 0 Å². The molecule has 3 N–H and O–H groups in total. The second kappa shape index (κ2) is 8.12. The molecule has 1 aromatic carbocycles. The van der Waals surface area contributed by atoms with Gasteiger partial charge in [0.15, 0.2) is 0 Å². The molecule has 1 heterocycles. The molecule has 0 aromatic heterocycles. The lowest BCUT2D eigenvalue weighted by molar-refractivity contribution is -0.156. The van der Waals surface area contributed by atoms with Crippen molar-refractivity contribution in [1.29, 1.82) is 0 Å². The number of carbonyl (C=O) groups excluding carboxylic acids is 1. The van der Waals surface area contributed by atoms with Crippen molar-refractivity contribution in [3.05, 3.63) is 35.9 Å². The van der Waals surface area contributed by atoms with Gasteiger partial charge in [-0.2, -0.15) is 0 Å². The van der Waals surface area contributed by atoms with E-state index in [1.54, 1.807) is 0 Å². The fourth-order valence-corrected chi connectivity index (χ4v) is 2.73. The van der Waals surface area contributed by atoms with E-state index in [0.717, 1.165) is 31.4 Å². The lowest BCUT2D eigenvalue weighted by Crippen LogP contribution is -2.43. The van der Waals surface area contributed by atoms with Crippen LogP contribution in [0, 0.1) is 0 Å². The highest BCUT2D eigenvalue weighted by Crippen LogP contribution is 2.27. The first-order valence-corrected chi connectivity index (χ1v) is 7.46. The van der Waals surface area contributed by atoms with E-state index in [0.29, 0.717) is 0 Å². The summed E-state index contributed by atoms with van der Waals surface area (Å²) in [5.41, 5.74) is 0.900. The molecule has 2 atom stereocenters. The van der Waals surface area contributed by atoms with E-state index in [1.807, 2.05) is 30.3 Å². The number of aliphatic hydroxyl groups is 2. The third kappa shape index (κ3) is 4.27. The van der Waals surface area contributed by atoms with Crippen molar-refractivity contribution in [2.24, 2.45) is 0 Å². The summed E-state index contributed by atoms with van der Waals surface area (Å²) in [5, 5.41) is 21.6. The van der Waals surface area contributed by atoms with Crippen LogP contribution < -0.4 is 5.32 Å². The summed E-state index contributed by atoms with van der Waals surface area (Å²) >= 11 is 0. The molecule has 5 heteroatoms. The van der Waals surface area contributed by atoms with Crippen LogP contribution in [0.5, 0.6) is 0 Å². The zero-order valence-electron chi connectivity index (χ0n) is 12.1. The molecule has 0 spiro atoms. The van der Waals surface area contributed by atoms with Crippen LogP contribution in [0.2, 0.25) is 0 Å². The predicted octanol–water partition coefficient (Wildman–Crippen LogP) is 0.809. The fourth-order valence-electron chi connectivity index (χ4n) is 2.73. The van der Waals surface area contributed by atoms with Crippen molar-refractivity contribution < 1.29 is 19.7 Å². The molecule has 5 nitrogen and oxygen atoms in total. The quantitative estimate of drug-likeness (QED) is 0.677. The molecule has 0 saturated carbocycles. The van der Waals surface area contributed by atoms with Crippen LogP contribution in [0.15, 0.2) is 30.3 Å². The average molecular weight is 293 g/mol. The molecule has 0 aliphatic carbocycles. The minimum atomic E-state index is -0.854. The Bertz CT molecular complexity index is 427. The standard InChI is InChI=1S/C16H23NO4/c18-10-13(11-19)21-16(20)15(12-6-2-1-3-7-12)14-8-4-5-9-17-14/h1-3,6-7,13-15,17-19H,4-5,8-11H2. The highest BCUT2D eigenvalue weighted by molar-refractivity contribution is 5.79. The van der Waals surface area contributed by atoms with Gasteiger partial charge >= 0.3 is 5.97 Å². The van der Waals surface area contributed by atoms with E-state index in [2.05, 4.69) is 5.32 Å². The molecule has 1 aliphatic heterocycles. The normalized spacial score (nSPS) is 20.2. The van der Waals surface area contributed by atoms with E-state index in [9.17, 15) is 4.79 Å². The average Bonchev–Trinajstić information content (AvgIpc) is 2.55. The van der Waals surface area contributed by atoms with Gasteiger partial charge < -0.3 is 20.3 Å². The molecule has 21 heavy (non-hydrogen) atoms. The number of ether oxygens (including phenoxy) is 1. The van der Waals surface area contributed by atoms with Crippen molar-refractivity contribution in [3.63, 3.8) is 0 Å². The maximum atomic E-state index is 12.5. The summed E-state index contributed by atoms with van der Waals surface area (Å²) < 4.78 is 5.24. The molecule has 2 unspecified atom stereocenters. The maximum Gasteiger partial charge on any atom is 0.315 e. The number of aliphatic hydroxyl groups excluding tert-OH is 2. The molecular weight excluding hydrogens is 270 g/mol. The molecule has 1 aromatic rings. The van der Waals surface area contributed by atoms with Gasteiger partial charge in [0.2, 0.25) is 0 Å². The number of hydrogen-bond donors (Lipinski definition) is 3.